The molecule has 1 aliphatic heterocycles. The highest BCUT2D eigenvalue weighted by Crippen LogP contribution is 2.37. The van der Waals surface area contributed by atoms with Crippen LogP contribution in [0, 0.1) is 10.1 Å². The van der Waals surface area contributed by atoms with E-state index in [0.717, 1.165) is 0 Å². The van der Waals surface area contributed by atoms with Gasteiger partial charge >= 0.3 is 0 Å². The van der Waals surface area contributed by atoms with E-state index >= 15 is 0 Å². The molecule has 0 unspecified atom stereocenters. The fourth-order valence-electron chi connectivity index (χ4n) is 3.42. The molecule has 1 aliphatic rings. The smallest absolute Gasteiger partial charge is 0.282 e. The van der Waals surface area contributed by atoms with Gasteiger partial charge in [-0.05, 0) is 18.2 Å². The molecular formula is C24H19N3O5. The average molecular weight is 429 g/mol. The highest BCUT2D eigenvalue weighted by atomic mass is 16.6. The number of carbonyl (C=O) groups is 1. The van der Waals surface area contributed by atoms with Crippen molar-refractivity contribution in [3.63, 3.8) is 0 Å². The van der Waals surface area contributed by atoms with Crippen LogP contribution in [0.3, 0.4) is 0 Å². The lowest BCUT2D eigenvalue weighted by Gasteiger charge is -2.20. The average Bonchev–Trinajstić information content (AvgIpc) is 3.15. The van der Waals surface area contributed by atoms with Crippen LogP contribution in [-0.2, 0) is 4.79 Å². The van der Waals surface area contributed by atoms with Crippen molar-refractivity contribution in [3.05, 3.63) is 99.7 Å². The largest absolute Gasteiger partial charge is 0.496 e. The Morgan fingerprint density at radius 3 is 2.31 bits per heavy atom. The van der Waals surface area contributed by atoms with E-state index < -0.39 is 4.92 Å². The zero-order valence-corrected chi connectivity index (χ0v) is 17.4. The zero-order valence-electron chi connectivity index (χ0n) is 17.4. The number of amidine groups is 1. The number of ether oxygens (including phenoxy) is 2. The molecule has 0 spiro atoms. The van der Waals surface area contributed by atoms with Crippen LogP contribution in [0.1, 0.15) is 11.1 Å². The number of anilines is 1. The molecule has 3 aromatic rings. The molecule has 4 rings (SSSR count). The summed E-state index contributed by atoms with van der Waals surface area (Å²) in [6, 6.07) is 20.6. The fraction of sp³-hybridized carbons (Fsp3) is 0.0833. The van der Waals surface area contributed by atoms with Crippen LogP contribution < -0.4 is 14.4 Å². The number of nitro benzene ring substituents is 1. The normalized spacial score (nSPS) is 14.4. The molecule has 1 heterocycles. The van der Waals surface area contributed by atoms with E-state index in [2.05, 4.69) is 4.99 Å². The van der Waals surface area contributed by atoms with Gasteiger partial charge in [-0.1, -0.05) is 48.5 Å². The molecule has 32 heavy (non-hydrogen) atoms. The molecule has 0 atom stereocenters. The number of carbonyl (C=O) groups excluding carboxylic acids is 1. The lowest BCUT2D eigenvalue weighted by Crippen LogP contribution is -2.33. The standard InChI is InChI=1S/C24H19N3O5/c1-31-21-11-7-6-10-17(21)14-19-24(28)26(23(25-19)16-8-4-3-5-9-16)20-13-12-18(27(29)30)15-22(20)32-2/h3-15H,1-2H3/b19-14+. The fourth-order valence-corrected chi connectivity index (χ4v) is 3.42. The predicted molar refractivity (Wildman–Crippen MR) is 121 cm³/mol. The van der Waals surface area contributed by atoms with E-state index in [4.69, 9.17) is 9.47 Å². The van der Waals surface area contributed by atoms with Gasteiger partial charge in [0.1, 0.15) is 23.0 Å². The third kappa shape index (κ3) is 3.81. The first-order valence-corrected chi connectivity index (χ1v) is 9.69. The van der Waals surface area contributed by atoms with Crippen molar-refractivity contribution in [2.24, 2.45) is 4.99 Å². The maximum atomic E-state index is 13.5. The molecule has 8 nitrogen and oxygen atoms in total. The predicted octanol–water partition coefficient (Wildman–Crippen LogP) is 4.45. The molecule has 0 bridgehead atoms. The molecule has 0 saturated carbocycles. The molecular weight excluding hydrogens is 410 g/mol. The minimum atomic E-state index is -0.517. The monoisotopic (exact) mass is 429 g/mol. The number of aliphatic imine (C=N–C) groups is 1. The molecule has 0 aliphatic carbocycles. The van der Waals surface area contributed by atoms with Crippen molar-refractivity contribution >= 4 is 29.2 Å². The van der Waals surface area contributed by atoms with Gasteiger partial charge in [0.25, 0.3) is 11.6 Å². The van der Waals surface area contributed by atoms with Crippen molar-refractivity contribution in [1.82, 2.24) is 0 Å². The van der Waals surface area contributed by atoms with Crippen LogP contribution in [0.5, 0.6) is 11.5 Å². The summed E-state index contributed by atoms with van der Waals surface area (Å²) in [5.74, 6) is 0.802. The number of para-hydroxylation sites is 1. The van der Waals surface area contributed by atoms with Crippen LogP contribution in [0.15, 0.2) is 83.5 Å². The van der Waals surface area contributed by atoms with E-state index in [1.807, 2.05) is 48.5 Å². The van der Waals surface area contributed by atoms with Gasteiger partial charge in [0.05, 0.1) is 30.9 Å². The second-order valence-electron chi connectivity index (χ2n) is 6.83. The topological polar surface area (TPSA) is 94.3 Å². The molecule has 3 aromatic carbocycles. The Labute approximate surface area is 184 Å². The molecule has 8 heteroatoms. The summed E-state index contributed by atoms with van der Waals surface area (Å²) in [6.07, 6.45) is 1.65. The number of benzene rings is 3. The lowest BCUT2D eigenvalue weighted by atomic mass is 10.1. The van der Waals surface area contributed by atoms with Gasteiger partial charge in [-0.2, -0.15) is 0 Å². The van der Waals surface area contributed by atoms with Crippen molar-refractivity contribution in [2.45, 2.75) is 0 Å². The van der Waals surface area contributed by atoms with Crippen LogP contribution in [-0.4, -0.2) is 30.9 Å². The van der Waals surface area contributed by atoms with Gasteiger partial charge in [0.2, 0.25) is 0 Å². The maximum Gasteiger partial charge on any atom is 0.282 e. The number of non-ortho nitro benzene ring substituents is 1. The van der Waals surface area contributed by atoms with E-state index in [0.29, 0.717) is 28.4 Å². The van der Waals surface area contributed by atoms with Gasteiger partial charge < -0.3 is 9.47 Å². The minimum absolute atomic E-state index is 0.139. The number of rotatable bonds is 6. The first-order chi connectivity index (χ1) is 15.5. The van der Waals surface area contributed by atoms with Crippen LogP contribution in [0.25, 0.3) is 6.08 Å². The Bertz CT molecular complexity index is 1250. The van der Waals surface area contributed by atoms with Crippen LogP contribution in [0.4, 0.5) is 11.4 Å². The summed E-state index contributed by atoms with van der Waals surface area (Å²) in [4.78, 5) is 30.2. The number of hydrogen-bond donors (Lipinski definition) is 0. The molecule has 0 N–H and O–H groups in total. The highest BCUT2D eigenvalue weighted by Gasteiger charge is 2.35. The second-order valence-corrected chi connectivity index (χ2v) is 6.83. The van der Waals surface area contributed by atoms with E-state index in [9.17, 15) is 14.9 Å². The number of methoxy groups -OCH3 is 2. The molecule has 1 amide bonds. The summed E-state index contributed by atoms with van der Waals surface area (Å²) in [6.45, 7) is 0. The van der Waals surface area contributed by atoms with Crippen LogP contribution >= 0.6 is 0 Å². The Kier molecular flexibility index (Phi) is 5.67. The summed E-state index contributed by atoms with van der Waals surface area (Å²) in [5.41, 5.74) is 1.83. The van der Waals surface area contributed by atoms with Gasteiger partial charge in [0.15, 0.2) is 0 Å². The summed E-state index contributed by atoms with van der Waals surface area (Å²) < 4.78 is 10.8. The Balaban J connectivity index is 1.87. The van der Waals surface area contributed by atoms with Crippen molar-refractivity contribution < 1.29 is 19.2 Å². The van der Waals surface area contributed by atoms with Crippen molar-refractivity contribution in [2.75, 3.05) is 19.1 Å². The molecule has 0 aromatic heterocycles. The third-order valence-corrected chi connectivity index (χ3v) is 4.94. The van der Waals surface area contributed by atoms with Crippen molar-refractivity contribution in [1.29, 1.82) is 0 Å². The van der Waals surface area contributed by atoms with Gasteiger partial charge in [-0.25, -0.2) is 4.99 Å². The Morgan fingerprint density at radius 2 is 1.62 bits per heavy atom. The van der Waals surface area contributed by atoms with Gasteiger partial charge in [-0.3, -0.25) is 19.8 Å². The first kappa shape index (κ1) is 20.8. The molecule has 0 radical (unpaired) electrons. The summed E-state index contributed by atoms with van der Waals surface area (Å²) >= 11 is 0. The molecule has 0 fully saturated rings. The summed E-state index contributed by atoms with van der Waals surface area (Å²) in [7, 11) is 2.95. The minimum Gasteiger partial charge on any atom is -0.496 e. The van der Waals surface area contributed by atoms with Gasteiger partial charge in [-0.15, -0.1) is 0 Å². The quantitative estimate of drug-likeness (QED) is 0.328. The van der Waals surface area contributed by atoms with E-state index in [-0.39, 0.29) is 23.0 Å². The SMILES string of the molecule is COc1ccccc1/C=C1/N=C(c2ccccc2)N(c2ccc([N+](=O)[O-])cc2OC)C1=O. The van der Waals surface area contributed by atoms with E-state index in [1.165, 1.54) is 30.2 Å². The van der Waals surface area contributed by atoms with Crippen LogP contribution in [0.2, 0.25) is 0 Å². The number of amides is 1. The number of hydrogen-bond acceptors (Lipinski definition) is 6. The third-order valence-electron chi connectivity index (χ3n) is 4.94. The maximum absolute atomic E-state index is 13.5. The van der Waals surface area contributed by atoms with Gasteiger partial charge in [0, 0.05) is 17.2 Å². The summed E-state index contributed by atoms with van der Waals surface area (Å²) in [5, 5.41) is 11.2. The molecule has 160 valence electrons. The Hall–Kier alpha value is -4.46. The lowest BCUT2D eigenvalue weighted by molar-refractivity contribution is -0.384. The Morgan fingerprint density at radius 1 is 0.938 bits per heavy atom. The molecule has 0 saturated heterocycles. The first-order valence-electron chi connectivity index (χ1n) is 9.69. The number of nitrogens with zero attached hydrogens (tertiary/aromatic N) is 3. The second kappa shape index (κ2) is 8.73. The van der Waals surface area contributed by atoms with E-state index in [1.54, 1.807) is 19.3 Å². The zero-order chi connectivity index (χ0) is 22.7. The highest BCUT2D eigenvalue weighted by molar-refractivity contribution is 6.33. The number of nitro groups is 1. The van der Waals surface area contributed by atoms with Crippen molar-refractivity contribution in [3.8, 4) is 11.5 Å².